The summed E-state index contributed by atoms with van der Waals surface area (Å²) in [6, 6.07) is 0. The maximum absolute atomic E-state index is 9.04. The van der Waals surface area contributed by atoms with Crippen molar-refractivity contribution in [1.82, 2.24) is 5.32 Å². The number of aliphatic hydroxyl groups is 1. The molecule has 1 aliphatic rings. The summed E-state index contributed by atoms with van der Waals surface area (Å²) >= 11 is 0. The Morgan fingerprint density at radius 1 is 1.54 bits per heavy atom. The fourth-order valence-corrected chi connectivity index (χ4v) is 1.66. The van der Waals surface area contributed by atoms with Crippen molar-refractivity contribution in [3.05, 3.63) is 12.2 Å². The van der Waals surface area contributed by atoms with Crippen LogP contribution in [0.4, 0.5) is 0 Å². The molecule has 2 N–H and O–H groups in total. The molecule has 13 heavy (non-hydrogen) atoms. The third-order valence-electron chi connectivity index (χ3n) is 2.55. The number of aliphatic hydroxyl groups excluding tert-OH is 1. The van der Waals surface area contributed by atoms with Crippen LogP contribution >= 0.6 is 0 Å². The summed E-state index contributed by atoms with van der Waals surface area (Å²) < 4.78 is 0. The lowest BCUT2D eigenvalue weighted by Crippen LogP contribution is -2.26. The second-order valence-corrected chi connectivity index (χ2v) is 3.99. The summed E-state index contributed by atoms with van der Waals surface area (Å²) in [5.41, 5.74) is 0. The molecule has 0 spiro atoms. The molecule has 1 aliphatic carbocycles. The van der Waals surface area contributed by atoms with Crippen LogP contribution in [0.1, 0.15) is 32.6 Å². The van der Waals surface area contributed by atoms with Gasteiger partial charge in [-0.3, -0.25) is 0 Å². The average Bonchev–Trinajstić information content (AvgIpc) is 2.14. The molecule has 0 saturated heterocycles. The van der Waals surface area contributed by atoms with E-state index in [1.54, 1.807) is 0 Å². The minimum absolute atomic E-state index is 0.168. The molecule has 2 atom stereocenters. The van der Waals surface area contributed by atoms with Gasteiger partial charge in [0.1, 0.15) is 0 Å². The zero-order chi connectivity index (χ0) is 9.52. The van der Waals surface area contributed by atoms with E-state index in [-0.39, 0.29) is 6.10 Å². The Labute approximate surface area is 81.0 Å². The maximum Gasteiger partial charge on any atom is 0.0524 e. The van der Waals surface area contributed by atoms with Crippen LogP contribution in [0.25, 0.3) is 0 Å². The van der Waals surface area contributed by atoms with E-state index in [0.717, 1.165) is 25.4 Å². The standard InChI is InChI=1S/C11H21NO/c1-10(13)7-8-12-9-11-5-3-2-4-6-11/h2-3,10-13H,4-9H2,1H3/t10-,11+/m1/s1. The second kappa shape index (κ2) is 6.17. The smallest absolute Gasteiger partial charge is 0.0524 e. The molecule has 0 fully saturated rings. The highest BCUT2D eigenvalue weighted by Crippen LogP contribution is 2.16. The largest absolute Gasteiger partial charge is 0.393 e. The van der Waals surface area contributed by atoms with Crippen LogP contribution in [0.5, 0.6) is 0 Å². The molecule has 0 saturated carbocycles. The molecule has 0 unspecified atom stereocenters. The van der Waals surface area contributed by atoms with Gasteiger partial charge in [0.2, 0.25) is 0 Å². The summed E-state index contributed by atoms with van der Waals surface area (Å²) in [6.45, 7) is 3.89. The monoisotopic (exact) mass is 183 g/mol. The lowest BCUT2D eigenvalue weighted by atomic mass is 9.94. The Kier molecular flexibility index (Phi) is 5.09. The Morgan fingerprint density at radius 3 is 3.00 bits per heavy atom. The number of hydrogen-bond donors (Lipinski definition) is 2. The van der Waals surface area contributed by atoms with Crippen molar-refractivity contribution in [2.24, 2.45) is 5.92 Å². The molecular formula is C11H21NO. The predicted octanol–water partition coefficient (Wildman–Crippen LogP) is 1.70. The van der Waals surface area contributed by atoms with Crippen molar-refractivity contribution in [2.75, 3.05) is 13.1 Å². The van der Waals surface area contributed by atoms with E-state index in [1.807, 2.05) is 6.92 Å². The van der Waals surface area contributed by atoms with Gasteiger partial charge >= 0.3 is 0 Å². The third-order valence-corrected chi connectivity index (χ3v) is 2.55. The average molecular weight is 183 g/mol. The maximum atomic E-state index is 9.04. The molecule has 76 valence electrons. The molecule has 1 rings (SSSR count). The SMILES string of the molecule is C[C@@H](O)CCNC[C@H]1CC=CCC1. The molecule has 2 nitrogen and oxygen atoms in total. The van der Waals surface area contributed by atoms with Gasteiger partial charge in [-0.05, 0) is 51.6 Å². The predicted molar refractivity (Wildman–Crippen MR) is 55.6 cm³/mol. The van der Waals surface area contributed by atoms with Crippen molar-refractivity contribution in [1.29, 1.82) is 0 Å². The van der Waals surface area contributed by atoms with E-state index in [1.165, 1.54) is 19.3 Å². The van der Waals surface area contributed by atoms with E-state index in [2.05, 4.69) is 17.5 Å². The fraction of sp³-hybridized carbons (Fsp3) is 0.818. The van der Waals surface area contributed by atoms with Crippen molar-refractivity contribution < 1.29 is 5.11 Å². The van der Waals surface area contributed by atoms with E-state index in [0.29, 0.717) is 0 Å². The summed E-state index contributed by atoms with van der Waals surface area (Å²) in [7, 11) is 0. The van der Waals surface area contributed by atoms with Gasteiger partial charge < -0.3 is 10.4 Å². The summed E-state index contributed by atoms with van der Waals surface area (Å²) in [4.78, 5) is 0. The van der Waals surface area contributed by atoms with Crippen LogP contribution < -0.4 is 5.32 Å². The van der Waals surface area contributed by atoms with Crippen LogP contribution in [-0.4, -0.2) is 24.3 Å². The van der Waals surface area contributed by atoms with Gasteiger partial charge in [0.25, 0.3) is 0 Å². The molecule has 0 aromatic rings. The minimum atomic E-state index is -0.168. The summed E-state index contributed by atoms with van der Waals surface area (Å²) in [5.74, 6) is 0.819. The van der Waals surface area contributed by atoms with Crippen LogP contribution in [0, 0.1) is 5.92 Å². The van der Waals surface area contributed by atoms with Gasteiger partial charge in [0.15, 0.2) is 0 Å². The highest BCUT2D eigenvalue weighted by atomic mass is 16.3. The highest BCUT2D eigenvalue weighted by Gasteiger charge is 2.08. The topological polar surface area (TPSA) is 32.3 Å². The van der Waals surface area contributed by atoms with E-state index in [4.69, 9.17) is 5.11 Å². The van der Waals surface area contributed by atoms with Gasteiger partial charge in [-0.25, -0.2) is 0 Å². The molecule has 0 radical (unpaired) electrons. The Bertz CT molecular complexity index is 154. The molecule has 0 heterocycles. The number of nitrogens with one attached hydrogen (secondary N) is 1. The molecule has 0 amide bonds. The van der Waals surface area contributed by atoms with Crippen LogP contribution in [-0.2, 0) is 0 Å². The van der Waals surface area contributed by atoms with Crippen molar-refractivity contribution in [3.8, 4) is 0 Å². The van der Waals surface area contributed by atoms with Gasteiger partial charge in [-0.15, -0.1) is 0 Å². The number of allylic oxidation sites excluding steroid dienone is 2. The summed E-state index contributed by atoms with van der Waals surface area (Å²) in [6.07, 6.45) is 9.03. The van der Waals surface area contributed by atoms with Gasteiger partial charge in [0, 0.05) is 0 Å². The van der Waals surface area contributed by atoms with Crippen molar-refractivity contribution in [3.63, 3.8) is 0 Å². The van der Waals surface area contributed by atoms with Crippen molar-refractivity contribution >= 4 is 0 Å². The van der Waals surface area contributed by atoms with Crippen LogP contribution in [0.2, 0.25) is 0 Å². The summed E-state index contributed by atoms with van der Waals surface area (Å²) in [5, 5.41) is 12.4. The molecule has 0 aromatic heterocycles. The van der Waals surface area contributed by atoms with Gasteiger partial charge in [-0.1, -0.05) is 12.2 Å². The van der Waals surface area contributed by atoms with Crippen molar-refractivity contribution in [2.45, 2.75) is 38.7 Å². The molecule has 2 heteroatoms. The molecular weight excluding hydrogens is 162 g/mol. The van der Waals surface area contributed by atoms with E-state index in [9.17, 15) is 0 Å². The molecule has 0 bridgehead atoms. The number of rotatable bonds is 5. The minimum Gasteiger partial charge on any atom is -0.393 e. The van der Waals surface area contributed by atoms with E-state index < -0.39 is 0 Å². The lowest BCUT2D eigenvalue weighted by Gasteiger charge is -2.18. The zero-order valence-electron chi connectivity index (χ0n) is 8.50. The van der Waals surface area contributed by atoms with Crippen LogP contribution in [0.15, 0.2) is 12.2 Å². The second-order valence-electron chi connectivity index (χ2n) is 3.99. The van der Waals surface area contributed by atoms with Crippen LogP contribution in [0.3, 0.4) is 0 Å². The zero-order valence-corrected chi connectivity index (χ0v) is 8.50. The Morgan fingerprint density at radius 2 is 2.38 bits per heavy atom. The van der Waals surface area contributed by atoms with Gasteiger partial charge in [0.05, 0.1) is 6.10 Å². The quantitative estimate of drug-likeness (QED) is 0.502. The lowest BCUT2D eigenvalue weighted by molar-refractivity contribution is 0.183. The first-order valence-corrected chi connectivity index (χ1v) is 5.33. The molecule has 0 aromatic carbocycles. The first-order valence-electron chi connectivity index (χ1n) is 5.33. The van der Waals surface area contributed by atoms with E-state index >= 15 is 0 Å². The molecule has 0 aliphatic heterocycles. The normalized spacial score (nSPS) is 24.6. The van der Waals surface area contributed by atoms with Gasteiger partial charge in [-0.2, -0.15) is 0 Å². The number of hydrogen-bond acceptors (Lipinski definition) is 2. The fourth-order valence-electron chi connectivity index (χ4n) is 1.66. The highest BCUT2D eigenvalue weighted by molar-refractivity contribution is 4.90. The Hall–Kier alpha value is -0.340. The third kappa shape index (κ3) is 5.06. The first kappa shape index (κ1) is 10.7. The Balaban J connectivity index is 1.96. The first-order chi connectivity index (χ1) is 6.29.